The molecular weight excluding hydrogens is 1100 g/mol. The summed E-state index contributed by atoms with van der Waals surface area (Å²) in [7, 11) is 0. The fourth-order valence-electron chi connectivity index (χ4n) is 9.79. The first-order chi connectivity index (χ1) is 41.5. The van der Waals surface area contributed by atoms with Crippen molar-refractivity contribution in [1.29, 1.82) is 0 Å². The molecule has 0 atom stereocenters. The number of rotatable bonds is 15. The summed E-state index contributed by atoms with van der Waals surface area (Å²) in [5.41, 5.74) is 17.1. The van der Waals surface area contributed by atoms with Crippen LogP contribution in [0.2, 0.25) is 0 Å². The van der Waals surface area contributed by atoms with Crippen LogP contribution >= 0.6 is 15.9 Å². The standard InChI is InChI=1S/C37H27NO2.C25H20.C15H13BrO3/c39-27-28-14-24-36(25-15-28)40-37-13-7-12-35(26-37)38(33-20-16-31(17-21-33)29-8-3-1-4-9-29)34-22-18-32(19-23-34)30-10-5-2-6-11-30;1-3-7-22(8-4-1)24-15-11-20(12-16-24)19-21-13-17-25(18-14-21)23-9-5-2-6-10-23;16-12-2-1-3-14(10-12)19-13-6-4-11(5-7-13)15-17-8-9-18-15/h1-27H;1-18H,19H2;1-7,10,15H,8-9H2. The van der Waals surface area contributed by atoms with Gasteiger partial charge >= 0.3 is 0 Å². The maximum Gasteiger partial charge on any atom is 0.184 e. The third-order valence-electron chi connectivity index (χ3n) is 14.1. The maximum atomic E-state index is 11.0. The number of nitrogens with zero attached hydrogens (tertiary/aromatic N) is 1. The van der Waals surface area contributed by atoms with Gasteiger partial charge in [0.1, 0.15) is 29.3 Å². The summed E-state index contributed by atoms with van der Waals surface area (Å²) in [6.07, 6.45) is 1.55. The second-order valence-electron chi connectivity index (χ2n) is 20.0. The molecule has 12 aromatic rings. The molecule has 1 aliphatic heterocycles. The molecule has 6 nitrogen and oxygen atoms in total. The maximum absolute atomic E-state index is 11.0. The van der Waals surface area contributed by atoms with Crippen molar-refractivity contribution in [2.45, 2.75) is 12.7 Å². The predicted molar refractivity (Wildman–Crippen MR) is 346 cm³/mol. The molecule has 1 saturated heterocycles. The molecule has 0 bridgehead atoms. The Morgan fingerprint density at radius 1 is 0.357 bits per heavy atom. The van der Waals surface area contributed by atoms with Crippen LogP contribution in [0.4, 0.5) is 17.1 Å². The van der Waals surface area contributed by atoms with Crippen molar-refractivity contribution >= 4 is 39.3 Å². The van der Waals surface area contributed by atoms with E-state index in [1.165, 1.54) is 55.6 Å². The first-order valence-electron chi connectivity index (χ1n) is 28.0. The molecular formula is C77H60BrNO5. The largest absolute Gasteiger partial charge is 0.457 e. The highest BCUT2D eigenvalue weighted by Crippen LogP contribution is 2.39. The quantitative estimate of drug-likeness (QED) is 0.0954. The molecule has 13 rings (SSSR count). The van der Waals surface area contributed by atoms with Crippen LogP contribution in [-0.2, 0) is 15.9 Å². The van der Waals surface area contributed by atoms with E-state index in [0.717, 1.165) is 51.3 Å². The summed E-state index contributed by atoms with van der Waals surface area (Å²) >= 11 is 3.42. The van der Waals surface area contributed by atoms with Gasteiger partial charge in [0, 0.05) is 38.7 Å². The molecule has 0 aliphatic carbocycles. The zero-order valence-electron chi connectivity index (χ0n) is 46.2. The molecule has 0 amide bonds. The van der Waals surface area contributed by atoms with Crippen molar-refractivity contribution in [3.63, 3.8) is 0 Å². The van der Waals surface area contributed by atoms with Gasteiger partial charge in [0.25, 0.3) is 0 Å². The van der Waals surface area contributed by atoms with E-state index in [2.05, 4.69) is 233 Å². The minimum atomic E-state index is -0.236. The van der Waals surface area contributed by atoms with Crippen molar-refractivity contribution in [2.75, 3.05) is 18.1 Å². The van der Waals surface area contributed by atoms with Gasteiger partial charge in [-0.2, -0.15) is 0 Å². The van der Waals surface area contributed by atoms with Crippen molar-refractivity contribution in [3.05, 3.63) is 342 Å². The van der Waals surface area contributed by atoms with Crippen LogP contribution in [-0.4, -0.2) is 19.5 Å². The van der Waals surface area contributed by atoms with Crippen molar-refractivity contribution in [2.24, 2.45) is 0 Å². The molecule has 1 heterocycles. The van der Waals surface area contributed by atoms with Crippen LogP contribution < -0.4 is 14.4 Å². The number of carbonyl (C=O) groups excluding carboxylic acids is 1. The highest BCUT2D eigenvalue weighted by molar-refractivity contribution is 9.10. The Morgan fingerprint density at radius 3 is 1.13 bits per heavy atom. The summed E-state index contributed by atoms with van der Waals surface area (Å²) in [5, 5.41) is 0. The van der Waals surface area contributed by atoms with Crippen molar-refractivity contribution in [3.8, 4) is 67.5 Å². The van der Waals surface area contributed by atoms with Crippen LogP contribution in [0.1, 0.15) is 33.3 Å². The third kappa shape index (κ3) is 15.2. The van der Waals surface area contributed by atoms with Gasteiger partial charge < -0.3 is 23.8 Å². The van der Waals surface area contributed by atoms with Crippen molar-refractivity contribution < 1.29 is 23.7 Å². The molecule has 0 saturated carbocycles. The highest BCUT2D eigenvalue weighted by atomic mass is 79.9. The van der Waals surface area contributed by atoms with Gasteiger partial charge in [-0.3, -0.25) is 4.79 Å². The van der Waals surface area contributed by atoms with Gasteiger partial charge in [0.05, 0.1) is 13.2 Å². The number of halogens is 1. The molecule has 7 heteroatoms. The Kier molecular flexibility index (Phi) is 18.8. The van der Waals surface area contributed by atoms with Crippen LogP contribution in [0.5, 0.6) is 23.0 Å². The number of aldehydes is 1. The van der Waals surface area contributed by atoms with E-state index >= 15 is 0 Å². The van der Waals surface area contributed by atoms with Crippen LogP contribution in [0.3, 0.4) is 0 Å². The summed E-state index contributed by atoms with van der Waals surface area (Å²) < 4.78 is 23.8. The summed E-state index contributed by atoms with van der Waals surface area (Å²) in [4.78, 5) is 13.3. The van der Waals surface area contributed by atoms with Crippen LogP contribution in [0.15, 0.2) is 320 Å². The molecule has 84 heavy (non-hydrogen) atoms. The van der Waals surface area contributed by atoms with Gasteiger partial charge in [0.2, 0.25) is 0 Å². The van der Waals surface area contributed by atoms with Gasteiger partial charge in [0.15, 0.2) is 6.29 Å². The zero-order chi connectivity index (χ0) is 57.1. The predicted octanol–water partition coefficient (Wildman–Crippen LogP) is 21.0. The second-order valence-corrected chi connectivity index (χ2v) is 20.9. The molecule has 0 aromatic heterocycles. The Bertz CT molecular complexity index is 3790. The number of ether oxygens (including phenoxy) is 4. The van der Waals surface area contributed by atoms with Gasteiger partial charge in [-0.15, -0.1) is 0 Å². The number of hydrogen-bond donors (Lipinski definition) is 0. The molecule has 1 aliphatic rings. The lowest BCUT2D eigenvalue weighted by Crippen LogP contribution is -2.10. The average Bonchev–Trinajstić information content (AvgIpc) is 3.95. The monoisotopic (exact) mass is 1160 g/mol. The minimum absolute atomic E-state index is 0.236. The number of hydrogen-bond acceptors (Lipinski definition) is 6. The molecule has 0 N–H and O–H groups in total. The Balaban J connectivity index is 0.000000143. The van der Waals surface area contributed by atoms with Gasteiger partial charge in [-0.1, -0.05) is 234 Å². The van der Waals surface area contributed by atoms with E-state index in [4.69, 9.17) is 18.9 Å². The van der Waals surface area contributed by atoms with E-state index in [1.807, 2.05) is 78.9 Å². The lowest BCUT2D eigenvalue weighted by atomic mass is 9.98. The highest BCUT2D eigenvalue weighted by Gasteiger charge is 2.18. The molecule has 12 aromatic carbocycles. The summed E-state index contributed by atoms with van der Waals surface area (Å²) in [6, 6.07) is 107. The number of anilines is 3. The fraction of sp³-hybridized carbons (Fsp3) is 0.0519. The molecule has 0 spiro atoms. The van der Waals surface area contributed by atoms with E-state index in [1.54, 1.807) is 24.3 Å². The SMILES string of the molecule is Brc1cccc(Oc2ccc(C3OCCO3)cc2)c1.O=Cc1ccc(Oc2cccc(N(c3ccc(-c4ccccc4)cc3)c3ccc(-c4ccccc4)cc3)c2)cc1.c1ccc(-c2ccc(Cc3ccc(-c4ccccc4)cc3)cc2)cc1. The number of benzene rings is 12. The first kappa shape index (κ1) is 56.0. The molecule has 410 valence electrons. The van der Waals surface area contributed by atoms with Gasteiger partial charge in [-0.05, 0) is 153 Å². The van der Waals surface area contributed by atoms with Gasteiger partial charge in [-0.25, -0.2) is 0 Å². The molecule has 0 unspecified atom stereocenters. The van der Waals surface area contributed by atoms with E-state index in [9.17, 15) is 4.79 Å². The summed E-state index contributed by atoms with van der Waals surface area (Å²) in [5.74, 6) is 2.98. The van der Waals surface area contributed by atoms with E-state index < -0.39 is 0 Å². The third-order valence-corrected chi connectivity index (χ3v) is 14.6. The van der Waals surface area contributed by atoms with Crippen LogP contribution in [0.25, 0.3) is 44.5 Å². The normalized spacial score (nSPS) is 11.7. The smallest absolute Gasteiger partial charge is 0.184 e. The second kappa shape index (κ2) is 28.2. The Hall–Kier alpha value is -9.89. The van der Waals surface area contributed by atoms with Crippen molar-refractivity contribution in [1.82, 2.24) is 0 Å². The lowest BCUT2D eigenvalue weighted by molar-refractivity contribution is -0.0441. The molecule has 1 fully saturated rings. The average molecular weight is 1160 g/mol. The fourth-order valence-corrected chi connectivity index (χ4v) is 10.2. The topological polar surface area (TPSA) is 57.2 Å². The summed E-state index contributed by atoms with van der Waals surface area (Å²) in [6.45, 7) is 1.31. The Morgan fingerprint density at radius 2 is 0.726 bits per heavy atom. The Labute approximate surface area is 500 Å². The van der Waals surface area contributed by atoms with Crippen LogP contribution in [0, 0.1) is 0 Å². The van der Waals surface area contributed by atoms with E-state index in [-0.39, 0.29) is 6.29 Å². The first-order valence-corrected chi connectivity index (χ1v) is 28.8. The molecule has 0 radical (unpaired) electrons. The number of carbonyl (C=O) groups is 1. The van der Waals surface area contributed by atoms with E-state index in [0.29, 0.717) is 30.3 Å². The zero-order valence-corrected chi connectivity index (χ0v) is 47.8. The minimum Gasteiger partial charge on any atom is -0.457 e. The lowest BCUT2D eigenvalue weighted by Gasteiger charge is -2.26.